The molecule has 9 heavy (non-hydrogen) atoms. The number of rotatable bonds is 2. The molecule has 1 aliphatic heterocycles. The molecule has 1 aliphatic rings. The summed E-state index contributed by atoms with van der Waals surface area (Å²) in [6.45, 7) is 3.10. The van der Waals surface area contributed by atoms with Gasteiger partial charge in [-0.3, -0.25) is 0 Å². The molecule has 1 fully saturated rings. The smallest absolute Gasteiger partial charge is 0.0930 e. The zero-order valence-corrected chi connectivity index (χ0v) is 6.75. The summed E-state index contributed by atoms with van der Waals surface area (Å²) in [6, 6.07) is 0. The predicted molar refractivity (Wildman–Crippen MR) is 40.7 cm³/mol. The summed E-state index contributed by atoms with van der Waals surface area (Å²) in [7, 11) is 1.96. The molecule has 2 nitrogen and oxygen atoms in total. The van der Waals surface area contributed by atoms with Gasteiger partial charge in [-0.05, 0) is 14.0 Å². The Hall–Kier alpha value is 0.270. The van der Waals surface area contributed by atoms with Crippen LogP contribution in [0.2, 0.25) is 0 Å². The van der Waals surface area contributed by atoms with Gasteiger partial charge in [0.2, 0.25) is 0 Å². The number of hydrogen-bond acceptors (Lipinski definition) is 3. The molecule has 1 N–H and O–H groups in total. The van der Waals surface area contributed by atoms with Crippen LogP contribution in [0.3, 0.4) is 0 Å². The molecule has 1 unspecified atom stereocenters. The number of ether oxygens (including phenoxy) is 1. The highest BCUT2D eigenvalue weighted by Gasteiger charge is 2.28. The van der Waals surface area contributed by atoms with E-state index in [1.807, 2.05) is 18.8 Å². The first-order chi connectivity index (χ1) is 4.27. The van der Waals surface area contributed by atoms with Crippen molar-refractivity contribution in [2.45, 2.75) is 12.5 Å². The normalized spacial score (nSPS) is 35.3. The van der Waals surface area contributed by atoms with Crippen molar-refractivity contribution < 1.29 is 4.74 Å². The SMILES string of the molecule is CNCC1(C)CSCO1. The van der Waals surface area contributed by atoms with Gasteiger partial charge in [0.05, 0.1) is 11.5 Å². The van der Waals surface area contributed by atoms with Gasteiger partial charge in [0.1, 0.15) is 0 Å². The summed E-state index contributed by atoms with van der Waals surface area (Å²) in [4.78, 5) is 0. The monoisotopic (exact) mass is 147 g/mol. The van der Waals surface area contributed by atoms with Crippen LogP contribution < -0.4 is 5.32 Å². The van der Waals surface area contributed by atoms with Gasteiger partial charge in [0, 0.05) is 12.3 Å². The maximum absolute atomic E-state index is 5.48. The van der Waals surface area contributed by atoms with Crippen molar-refractivity contribution in [3.8, 4) is 0 Å². The lowest BCUT2D eigenvalue weighted by atomic mass is 10.1. The fourth-order valence-corrected chi connectivity index (χ4v) is 2.03. The zero-order chi connectivity index (χ0) is 6.74. The Morgan fingerprint density at radius 3 is 3.00 bits per heavy atom. The summed E-state index contributed by atoms with van der Waals surface area (Å²) < 4.78 is 5.48. The number of hydrogen-bond donors (Lipinski definition) is 1. The Balaban J connectivity index is 2.32. The highest BCUT2D eigenvalue weighted by molar-refractivity contribution is 7.99. The van der Waals surface area contributed by atoms with Gasteiger partial charge >= 0.3 is 0 Å². The van der Waals surface area contributed by atoms with Crippen LogP contribution in [-0.2, 0) is 4.74 Å². The summed E-state index contributed by atoms with van der Waals surface area (Å²) >= 11 is 1.86. The first kappa shape index (κ1) is 7.38. The van der Waals surface area contributed by atoms with Crippen molar-refractivity contribution in [3.63, 3.8) is 0 Å². The molecule has 1 heterocycles. The largest absolute Gasteiger partial charge is 0.363 e. The van der Waals surface area contributed by atoms with Crippen LogP contribution in [0.5, 0.6) is 0 Å². The van der Waals surface area contributed by atoms with E-state index in [0.29, 0.717) is 0 Å². The van der Waals surface area contributed by atoms with Crippen LogP contribution >= 0.6 is 11.8 Å². The van der Waals surface area contributed by atoms with Crippen LogP contribution in [0, 0.1) is 0 Å². The molecule has 0 bridgehead atoms. The molecule has 0 spiro atoms. The van der Waals surface area contributed by atoms with Crippen LogP contribution in [0.25, 0.3) is 0 Å². The Morgan fingerprint density at radius 2 is 2.56 bits per heavy atom. The summed E-state index contributed by atoms with van der Waals surface area (Å²) in [5, 5.41) is 3.11. The molecule has 0 aliphatic carbocycles. The minimum Gasteiger partial charge on any atom is -0.363 e. The number of thioether (sulfide) groups is 1. The second-order valence-electron chi connectivity index (χ2n) is 2.59. The van der Waals surface area contributed by atoms with Gasteiger partial charge in [-0.25, -0.2) is 0 Å². The Bertz CT molecular complexity index is 91.1. The highest BCUT2D eigenvalue weighted by Crippen LogP contribution is 2.25. The molecular weight excluding hydrogens is 134 g/mol. The summed E-state index contributed by atoms with van der Waals surface area (Å²) in [5.41, 5.74) is 0.0966. The second-order valence-corrected chi connectivity index (χ2v) is 3.52. The molecule has 0 radical (unpaired) electrons. The highest BCUT2D eigenvalue weighted by atomic mass is 32.2. The molecule has 0 aromatic carbocycles. The number of likely N-dealkylation sites (N-methyl/N-ethyl adjacent to an activating group) is 1. The maximum atomic E-state index is 5.48. The molecule has 1 atom stereocenters. The topological polar surface area (TPSA) is 21.3 Å². The molecule has 0 aromatic rings. The lowest BCUT2D eigenvalue weighted by molar-refractivity contribution is 0.0331. The molecule has 54 valence electrons. The molecular formula is C6H13NOS. The van der Waals surface area contributed by atoms with Crippen molar-refractivity contribution in [2.75, 3.05) is 25.3 Å². The first-order valence-corrected chi connectivity index (χ1v) is 4.29. The van der Waals surface area contributed by atoms with E-state index >= 15 is 0 Å². The van der Waals surface area contributed by atoms with Crippen LogP contribution in [-0.4, -0.2) is 30.9 Å². The zero-order valence-electron chi connectivity index (χ0n) is 5.94. The van der Waals surface area contributed by atoms with E-state index in [1.165, 1.54) is 0 Å². The van der Waals surface area contributed by atoms with Gasteiger partial charge in [0.15, 0.2) is 0 Å². The average Bonchev–Trinajstić information content (AvgIpc) is 2.16. The molecule has 1 rings (SSSR count). The Labute approximate surface area is 60.3 Å². The Kier molecular flexibility index (Phi) is 2.38. The van der Waals surface area contributed by atoms with Crippen LogP contribution in [0.15, 0.2) is 0 Å². The summed E-state index contributed by atoms with van der Waals surface area (Å²) in [6.07, 6.45) is 0. The van der Waals surface area contributed by atoms with Gasteiger partial charge < -0.3 is 10.1 Å². The standard InChI is InChI=1S/C6H13NOS/c1-6(3-7-2)4-9-5-8-6/h7H,3-5H2,1-2H3. The fraction of sp³-hybridized carbons (Fsp3) is 1.00. The maximum Gasteiger partial charge on any atom is 0.0930 e. The van der Waals surface area contributed by atoms with Gasteiger partial charge in [0.25, 0.3) is 0 Å². The predicted octanol–water partition coefficient (Wildman–Crippen LogP) is 0.685. The third kappa shape index (κ3) is 1.85. The third-order valence-corrected chi connectivity index (χ3v) is 2.55. The van der Waals surface area contributed by atoms with Crippen molar-refractivity contribution in [1.82, 2.24) is 5.32 Å². The third-order valence-electron chi connectivity index (χ3n) is 1.45. The van der Waals surface area contributed by atoms with Crippen molar-refractivity contribution in [2.24, 2.45) is 0 Å². The molecule has 1 saturated heterocycles. The molecule has 3 heteroatoms. The van der Waals surface area contributed by atoms with E-state index in [4.69, 9.17) is 4.74 Å². The van der Waals surface area contributed by atoms with E-state index in [0.717, 1.165) is 18.2 Å². The van der Waals surface area contributed by atoms with E-state index in [1.54, 1.807) is 0 Å². The first-order valence-electron chi connectivity index (χ1n) is 3.13. The van der Waals surface area contributed by atoms with Crippen molar-refractivity contribution in [3.05, 3.63) is 0 Å². The lowest BCUT2D eigenvalue weighted by Crippen LogP contribution is -2.37. The quantitative estimate of drug-likeness (QED) is 0.621. The van der Waals surface area contributed by atoms with Crippen molar-refractivity contribution in [1.29, 1.82) is 0 Å². The van der Waals surface area contributed by atoms with Crippen molar-refractivity contribution >= 4 is 11.8 Å². The number of nitrogens with one attached hydrogen (secondary N) is 1. The van der Waals surface area contributed by atoms with Crippen LogP contribution in [0.4, 0.5) is 0 Å². The second kappa shape index (κ2) is 2.90. The minimum absolute atomic E-state index is 0.0966. The van der Waals surface area contributed by atoms with E-state index in [2.05, 4.69) is 12.2 Å². The van der Waals surface area contributed by atoms with E-state index in [9.17, 15) is 0 Å². The van der Waals surface area contributed by atoms with E-state index < -0.39 is 0 Å². The van der Waals surface area contributed by atoms with Crippen LogP contribution in [0.1, 0.15) is 6.92 Å². The van der Waals surface area contributed by atoms with Gasteiger partial charge in [-0.1, -0.05) is 0 Å². The summed E-state index contributed by atoms with van der Waals surface area (Å²) in [5.74, 6) is 1.98. The fourth-order valence-electron chi connectivity index (χ4n) is 0.959. The molecule has 0 aromatic heterocycles. The minimum atomic E-state index is 0.0966. The van der Waals surface area contributed by atoms with Gasteiger partial charge in [-0.15, -0.1) is 11.8 Å². The molecule has 0 amide bonds. The van der Waals surface area contributed by atoms with Gasteiger partial charge in [-0.2, -0.15) is 0 Å². The Morgan fingerprint density at radius 1 is 1.78 bits per heavy atom. The van der Waals surface area contributed by atoms with E-state index in [-0.39, 0.29) is 5.60 Å². The molecule has 0 saturated carbocycles. The lowest BCUT2D eigenvalue weighted by Gasteiger charge is -2.20. The average molecular weight is 147 g/mol.